The van der Waals surface area contributed by atoms with Gasteiger partial charge in [-0.1, -0.05) is 13.8 Å². The summed E-state index contributed by atoms with van der Waals surface area (Å²) in [5, 5.41) is 0. The molecular weight excluding hydrogens is 247 g/mol. The fourth-order valence-corrected chi connectivity index (χ4v) is 1.78. The second-order valence-electron chi connectivity index (χ2n) is 4.87. The average Bonchev–Trinajstić information content (AvgIpc) is 2.36. The fourth-order valence-electron chi connectivity index (χ4n) is 1.78. The molecule has 1 aromatic rings. The highest BCUT2D eigenvalue weighted by Crippen LogP contribution is 2.15. The average molecular weight is 268 g/mol. The van der Waals surface area contributed by atoms with Gasteiger partial charge >= 0.3 is 0 Å². The van der Waals surface area contributed by atoms with E-state index in [4.69, 9.17) is 10.5 Å². The first-order valence-corrected chi connectivity index (χ1v) is 6.29. The highest BCUT2D eigenvalue weighted by molar-refractivity contribution is 5.95. The van der Waals surface area contributed by atoms with Crippen LogP contribution in [0.5, 0.6) is 0 Å². The Balaban J connectivity index is 2.87. The first-order chi connectivity index (χ1) is 8.95. The van der Waals surface area contributed by atoms with Crippen molar-refractivity contribution in [3.05, 3.63) is 29.6 Å². The van der Waals surface area contributed by atoms with Crippen LogP contribution in [0.3, 0.4) is 0 Å². The van der Waals surface area contributed by atoms with Crippen LogP contribution in [-0.4, -0.2) is 37.6 Å². The normalized spacial score (nSPS) is 10.8. The van der Waals surface area contributed by atoms with E-state index in [0.29, 0.717) is 31.2 Å². The molecule has 106 valence electrons. The number of benzene rings is 1. The third kappa shape index (κ3) is 4.52. The lowest BCUT2D eigenvalue weighted by Gasteiger charge is -2.24. The van der Waals surface area contributed by atoms with Gasteiger partial charge in [0, 0.05) is 25.8 Å². The summed E-state index contributed by atoms with van der Waals surface area (Å²) in [6, 6.07) is 4.04. The van der Waals surface area contributed by atoms with Gasteiger partial charge in [0.2, 0.25) is 0 Å². The number of amides is 1. The molecule has 0 aliphatic carbocycles. The summed E-state index contributed by atoms with van der Waals surface area (Å²) in [6.07, 6.45) is 0. The maximum absolute atomic E-state index is 13.1. The van der Waals surface area contributed by atoms with Crippen LogP contribution in [0.4, 0.5) is 10.1 Å². The number of carbonyl (C=O) groups excluding carboxylic acids is 1. The van der Waals surface area contributed by atoms with E-state index < -0.39 is 5.82 Å². The number of hydrogen-bond donors (Lipinski definition) is 1. The van der Waals surface area contributed by atoms with Crippen LogP contribution in [0, 0.1) is 11.7 Å². The SMILES string of the molecule is COCCN(CC(C)C)C(=O)c1ccc(F)c(N)c1. The third-order valence-electron chi connectivity index (χ3n) is 2.68. The Morgan fingerprint density at radius 2 is 2.16 bits per heavy atom. The van der Waals surface area contributed by atoms with Crippen LogP contribution in [0.2, 0.25) is 0 Å². The number of anilines is 1. The maximum Gasteiger partial charge on any atom is 0.254 e. The molecule has 19 heavy (non-hydrogen) atoms. The fraction of sp³-hybridized carbons (Fsp3) is 0.500. The van der Waals surface area contributed by atoms with Crippen molar-refractivity contribution >= 4 is 11.6 Å². The molecule has 0 spiro atoms. The zero-order valence-corrected chi connectivity index (χ0v) is 11.6. The first-order valence-electron chi connectivity index (χ1n) is 6.29. The van der Waals surface area contributed by atoms with Crippen LogP contribution in [0.25, 0.3) is 0 Å². The predicted octanol–water partition coefficient (Wildman–Crippen LogP) is 2.15. The highest BCUT2D eigenvalue weighted by Gasteiger charge is 2.17. The number of nitrogen functional groups attached to an aromatic ring is 1. The lowest BCUT2D eigenvalue weighted by Crippen LogP contribution is -2.36. The minimum Gasteiger partial charge on any atom is -0.396 e. The van der Waals surface area contributed by atoms with E-state index in [1.165, 1.54) is 18.2 Å². The minimum atomic E-state index is -0.510. The van der Waals surface area contributed by atoms with Crippen molar-refractivity contribution in [3.63, 3.8) is 0 Å². The van der Waals surface area contributed by atoms with Crippen LogP contribution in [0.1, 0.15) is 24.2 Å². The molecule has 1 aromatic carbocycles. The van der Waals surface area contributed by atoms with Crippen LogP contribution in [-0.2, 0) is 4.74 Å². The van der Waals surface area contributed by atoms with Gasteiger partial charge in [-0.2, -0.15) is 0 Å². The van der Waals surface area contributed by atoms with Crippen molar-refractivity contribution in [3.8, 4) is 0 Å². The summed E-state index contributed by atoms with van der Waals surface area (Å²) >= 11 is 0. The van der Waals surface area contributed by atoms with E-state index in [1.807, 2.05) is 13.8 Å². The third-order valence-corrected chi connectivity index (χ3v) is 2.68. The van der Waals surface area contributed by atoms with E-state index in [-0.39, 0.29) is 11.6 Å². The van der Waals surface area contributed by atoms with Gasteiger partial charge in [0.15, 0.2) is 0 Å². The Hall–Kier alpha value is -1.62. The Kier molecular flexibility index (Phi) is 5.76. The number of ether oxygens (including phenoxy) is 1. The van der Waals surface area contributed by atoms with Gasteiger partial charge in [-0.15, -0.1) is 0 Å². The molecule has 0 fully saturated rings. The summed E-state index contributed by atoms with van der Waals surface area (Å²) in [5.41, 5.74) is 5.88. The molecule has 0 saturated carbocycles. The van der Waals surface area contributed by atoms with Crippen LogP contribution >= 0.6 is 0 Å². The highest BCUT2D eigenvalue weighted by atomic mass is 19.1. The molecule has 0 unspecified atom stereocenters. The summed E-state index contributed by atoms with van der Waals surface area (Å²) < 4.78 is 18.1. The van der Waals surface area contributed by atoms with E-state index in [9.17, 15) is 9.18 Å². The van der Waals surface area contributed by atoms with Gasteiger partial charge in [-0.3, -0.25) is 4.79 Å². The topological polar surface area (TPSA) is 55.6 Å². The molecule has 0 saturated heterocycles. The molecule has 0 heterocycles. The molecule has 0 atom stereocenters. The Bertz CT molecular complexity index is 435. The van der Waals surface area contributed by atoms with Crippen molar-refractivity contribution < 1.29 is 13.9 Å². The quantitative estimate of drug-likeness (QED) is 0.804. The van der Waals surface area contributed by atoms with Crippen LogP contribution < -0.4 is 5.73 Å². The number of rotatable bonds is 6. The minimum absolute atomic E-state index is 0.0120. The Labute approximate surface area is 113 Å². The second-order valence-corrected chi connectivity index (χ2v) is 4.87. The van der Waals surface area contributed by atoms with Crippen molar-refractivity contribution in [2.75, 3.05) is 32.5 Å². The first kappa shape index (κ1) is 15.4. The molecule has 0 aliphatic rings. The zero-order valence-electron chi connectivity index (χ0n) is 11.6. The van der Waals surface area contributed by atoms with Gasteiger partial charge < -0.3 is 15.4 Å². The van der Waals surface area contributed by atoms with Gasteiger partial charge in [-0.25, -0.2) is 4.39 Å². The number of carbonyl (C=O) groups is 1. The summed E-state index contributed by atoms with van der Waals surface area (Å²) in [5.74, 6) is -0.320. The monoisotopic (exact) mass is 268 g/mol. The Morgan fingerprint density at radius 1 is 1.47 bits per heavy atom. The lowest BCUT2D eigenvalue weighted by atomic mass is 10.1. The number of methoxy groups -OCH3 is 1. The van der Waals surface area contributed by atoms with Gasteiger partial charge in [-0.05, 0) is 24.1 Å². The molecule has 0 radical (unpaired) electrons. The molecular formula is C14H21FN2O2. The predicted molar refractivity (Wildman–Crippen MR) is 73.4 cm³/mol. The summed E-state index contributed by atoms with van der Waals surface area (Å²) in [7, 11) is 1.59. The number of hydrogen-bond acceptors (Lipinski definition) is 3. The molecule has 0 bridgehead atoms. The largest absolute Gasteiger partial charge is 0.396 e. The lowest BCUT2D eigenvalue weighted by molar-refractivity contribution is 0.0672. The molecule has 1 rings (SSSR count). The molecule has 0 aromatic heterocycles. The van der Waals surface area contributed by atoms with E-state index >= 15 is 0 Å². The summed E-state index contributed by atoms with van der Waals surface area (Å²) in [4.78, 5) is 14.0. The van der Waals surface area contributed by atoms with Crippen molar-refractivity contribution in [2.24, 2.45) is 5.92 Å². The molecule has 5 heteroatoms. The second kappa shape index (κ2) is 7.09. The molecule has 1 amide bonds. The van der Waals surface area contributed by atoms with Crippen molar-refractivity contribution in [2.45, 2.75) is 13.8 Å². The molecule has 2 N–H and O–H groups in total. The van der Waals surface area contributed by atoms with Crippen molar-refractivity contribution in [1.29, 1.82) is 0 Å². The van der Waals surface area contributed by atoms with E-state index in [2.05, 4.69) is 0 Å². The van der Waals surface area contributed by atoms with Gasteiger partial charge in [0.05, 0.1) is 12.3 Å². The van der Waals surface area contributed by atoms with Crippen LogP contribution in [0.15, 0.2) is 18.2 Å². The summed E-state index contributed by atoms with van der Waals surface area (Å²) in [6.45, 7) is 5.66. The van der Waals surface area contributed by atoms with Crippen molar-refractivity contribution in [1.82, 2.24) is 4.90 Å². The van der Waals surface area contributed by atoms with Gasteiger partial charge in [0.25, 0.3) is 5.91 Å². The number of nitrogens with two attached hydrogens (primary N) is 1. The maximum atomic E-state index is 13.1. The molecule has 0 aliphatic heterocycles. The number of nitrogens with zero attached hydrogens (tertiary/aromatic N) is 1. The Morgan fingerprint density at radius 3 is 2.68 bits per heavy atom. The standard InChI is InChI=1S/C14H21FN2O2/c1-10(2)9-17(6-7-19-3)14(18)11-4-5-12(15)13(16)8-11/h4-5,8,10H,6-7,9,16H2,1-3H3. The number of halogens is 1. The zero-order chi connectivity index (χ0) is 14.4. The van der Waals surface area contributed by atoms with E-state index in [1.54, 1.807) is 12.0 Å². The van der Waals surface area contributed by atoms with E-state index in [0.717, 1.165) is 0 Å². The molecule has 4 nitrogen and oxygen atoms in total. The smallest absolute Gasteiger partial charge is 0.254 e. The van der Waals surface area contributed by atoms with Gasteiger partial charge in [0.1, 0.15) is 5.82 Å².